The van der Waals surface area contributed by atoms with Crippen LogP contribution in [-0.2, 0) is 4.79 Å². The molecule has 0 aliphatic heterocycles. The number of nitrogens with one attached hydrogen (secondary N) is 1. The Balaban J connectivity index is 2.14. The summed E-state index contributed by atoms with van der Waals surface area (Å²) in [6.45, 7) is 11.7. The molecule has 2 aliphatic rings. The van der Waals surface area contributed by atoms with Gasteiger partial charge in [-0.15, -0.1) is 0 Å². The third kappa shape index (κ3) is 1.93. The van der Waals surface area contributed by atoms with E-state index in [0.717, 1.165) is 25.2 Å². The van der Waals surface area contributed by atoms with Crippen molar-refractivity contribution in [3.8, 4) is 0 Å². The summed E-state index contributed by atoms with van der Waals surface area (Å²) in [5, 5.41) is 3.38. The van der Waals surface area contributed by atoms with Crippen LogP contribution in [0.3, 0.4) is 0 Å². The van der Waals surface area contributed by atoms with Gasteiger partial charge in [0.2, 0.25) is 5.91 Å². The van der Waals surface area contributed by atoms with Gasteiger partial charge < -0.3 is 11.1 Å². The van der Waals surface area contributed by atoms with E-state index >= 15 is 0 Å². The van der Waals surface area contributed by atoms with E-state index in [-0.39, 0.29) is 16.7 Å². The highest BCUT2D eigenvalue weighted by molar-refractivity contribution is 5.83. The summed E-state index contributed by atoms with van der Waals surface area (Å²) < 4.78 is 0. The van der Waals surface area contributed by atoms with Crippen LogP contribution >= 0.6 is 0 Å². The molecule has 0 radical (unpaired) electrons. The van der Waals surface area contributed by atoms with Gasteiger partial charge in [-0.1, -0.05) is 34.6 Å². The van der Waals surface area contributed by atoms with Gasteiger partial charge in [0.25, 0.3) is 0 Å². The van der Waals surface area contributed by atoms with Crippen LogP contribution in [0, 0.1) is 22.2 Å². The second-order valence-electron chi connectivity index (χ2n) is 7.83. The van der Waals surface area contributed by atoms with Gasteiger partial charge in [-0.3, -0.25) is 4.79 Å². The Kier molecular flexibility index (Phi) is 3.96. The lowest BCUT2D eigenvalue weighted by Gasteiger charge is -2.41. The monoisotopic (exact) mass is 280 g/mol. The largest absolute Gasteiger partial charge is 0.352 e. The van der Waals surface area contributed by atoms with Crippen molar-refractivity contribution < 1.29 is 4.79 Å². The third-order valence-corrected chi connectivity index (χ3v) is 7.33. The summed E-state index contributed by atoms with van der Waals surface area (Å²) in [7, 11) is 0. The predicted octanol–water partition coefficient (Wildman–Crippen LogP) is 3.08. The second-order valence-corrected chi connectivity index (χ2v) is 7.83. The molecule has 0 heterocycles. The first-order valence-electron chi connectivity index (χ1n) is 8.28. The minimum Gasteiger partial charge on any atom is -0.352 e. The number of hydrogen-bond donors (Lipinski definition) is 2. The third-order valence-electron chi connectivity index (χ3n) is 7.33. The maximum Gasteiger partial charge on any atom is 0.227 e. The number of rotatable bonds is 5. The average molecular weight is 280 g/mol. The van der Waals surface area contributed by atoms with E-state index in [0.29, 0.717) is 18.0 Å². The summed E-state index contributed by atoms with van der Waals surface area (Å²) in [6, 6.07) is 0.327. The lowest BCUT2D eigenvalue weighted by molar-refractivity contribution is -0.132. The van der Waals surface area contributed by atoms with E-state index in [1.54, 1.807) is 0 Å². The van der Waals surface area contributed by atoms with E-state index in [1.165, 1.54) is 12.8 Å². The Morgan fingerprint density at radius 2 is 1.90 bits per heavy atom. The molecule has 1 amide bonds. The first kappa shape index (κ1) is 15.8. The van der Waals surface area contributed by atoms with Crippen LogP contribution in [0.1, 0.15) is 66.7 Å². The Morgan fingerprint density at radius 3 is 2.25 bits per heavy atom. The molecule has 0 aromatic carbocycles. The quantitative estimate of drug-likeness (QED) is 0.813. The minimum absolute atomic E-state index is 0.180. The lowest BCUT2D eigenvalue weighted by Crippen LogP contribution is -2.53. The summed E-state index contributed by atoms with van der Waals surface area (Å²) in [6.07, 6.45) is 5.34. The predicted molar refractivity (Wildman–Crippen MR) is 83.2 cm³/mol. The van der Waals surface area contributed by atoms with Crippen LogP contribution in [-0.4, -0.2) is 18.5 Å². The molecule has 0 aromatic heterocycles. The van der Waals surface area contributed by atoms with Crippen molar-refractivity contribution in [2.75, 3.05) is 6.54 Å². The fraction of sp³-hybridized carbons (Fsp3) is 0.941. The van der Waals surface area contributed by atoms with Crippen LogP contribution in [0.2, 0.25) is 0 Å². The number of fused-ring (bicyclic) bond motifs is 2. The lowest BCUT2D eigenvalue weighted by atomic mass is 9.69. The number of carbonyl (C=O) groups is 1. The standard InChI is InChI=1S/C17H32N2O/c1-6-17(7-2,11-18)14(20)19-13-10-12-8-9-16(13,5)15(12,3)4/h12-13H,6-11,18H2,1-5H3,(H,19,20). The van der Waals surface area contributed by atoms with E-state index in [9.17, 15) is 4.79 Å². The van der Waals surface area contributed by atoms with Crippen LogP contribution < -0.4 is 11.1 Å². The zero-order valence-corrected chi connectivity index (χ0v) is 13.9. The average Bonchev–Trinajstić information content (AvgIpc) is 2.74. The Bertz CT molecular complexity index is 378. The maximum absolute atomic E-state index is 12.8. The summed E-state index contributed by atoms with van der Waals surface area (Å²) >= 11 is 0. The van der Waals surface area contributed by atoms with Crippen molar-refractivity contribution in [3.63, 3.8) is 0 Å². The molecule has 0 aromatic rings. The molecule has 2 aliphatic carbocycles. The zero-order valence-electron chi connectivity index (χ0n) is 13.9. The SMILES string of the molecule is CCC(CC)(CN)C(=O)NC1CC2CCC1(C)C2(C)C. The molecule has 116 valence electrons. The number of amides is 1. The highest BCUT2D eigenvalue weighted by Gasteiger charge is 2.61. The Morgan fingerprint density at radius 1 is 1.30 bits per heavy atom. The maximum atomic E-state index is 12.8. The van der Waals surface area contributed by atoms with E-state index in [2.05, 4.69) is 39.9 Å². The highest BCUT2D eigenvalue weighted by atomic mass is 16.2. The van der Waals surface area contributed by atoms with Gasteiger partial charge in [-0.25, -0.2) is 0 Å². The molecule has 3 unspecified atom stereocenters. The van der Waals surface area contributed by atoms with Crippen molar-refractivity contribution in [1.29, 1.82) is 0 Å². The van der Waals surface area contributed by atoms with Crippen LogP contribution in [0.25, 0.3) is 0 Å². The van der Waals surface area contributed by atoms with E-state index in [4.69, 9.17) is 5.73 Å². The first-order valence-corrected chi connectivity index (χ1v) is 8.28. The summed E-state index contributed by atoms with van der Waals surface area (Å²) in [5.41, 5.74) is 6.12. The number of nitrogens with two attached hydrogens (primary N) is 1. The van der Waals surface area contributed by atoms with Gasteiger partial charge in [0.15, 0.2) is 0 Å². The molecule has 2 fully saturated rings. The van der Waals surface area contributed by atoms with Crippen molar-refractivity contribution in [2.45, 2.75) is 72.8 Å². The molecule has 3 nitrogen and oxygen atoms in total. The Hall–Kier alpha value is -0.570. The van der Waals surface area contributed by atoms with Crippen LogP contribution in [0.15, 0.2) is 0 Å². The molecule has 3 heteroatoms. The molecule has 0 spiro atoms. The van der Waals surface area contributed by atoms with Gasteiger partial charge in [0.05, 0.1) is 5.41 Å². The molecule has 2 saturated carbocycles. The van der Waals surface area contributed by atoms with Gasteiger partial charge in [0.1, 0.15) is 0 Å². The second kappa shape index (κ2) is 5.01. The van der Waals surface area contributed by atoms with Gasteiger partial charge in [-0.2, -0.15) is 0 Å². The summed E-state index contributed by atoms with van der Waals surface area (Å²) in [4.78, 5) is 12.8. The van der Waals surface area contributed by atoms with Gasteiger partial charge in [-0.05, 0) is 48.9 Å². The minimum atomic E-state index is -0.373. The molecular formula is C17H32N2O. The van der Waals surface area contributed by atoms with Crippen LogP contribution in [0.5, 0.6) is 0 Å². The zero-order chi connectivity index (χ0) is 15.2. The van der Waals surface area contributed by atoms with Crippen molar-refractivity contribution in [2.24, 2.45) is 27.9 Å². The van der Waals surface area contributed by atoms with Crippen molar-refractivity contribution in [3.05, 3.63) is 0 Å². The molecule has 3 N–H and O–H groups in total. The highest BCUT2D eigenvalue weighted by Crippen LogP contribution is 2.65. The van der Waals surface area contributed by atoms with E-state index < -0.39 is 0 Å². The fourth-order valence-corrected chi connectivity index (χ4v) is 4.69. The van der Waals surface area contributed by atoms with Crippen molar-refractivity contribution >= 4 is 5.91 Å². The normalized spacial score (nSPS) is 35.3. The topological polar surface area (TPSA) is 55.1 Å². The van der Waals surface area contributed by atoms with Gasteiger partial charge in [0, 0.05) is 12.6 Å². The molecular weight excluding hydrogens is 248 g/mol. The molecule has 2 rings (SSSR count). The number of hydrogen-bond acceptors (Lipinski definition) is 2. The van der Waals surface area contributed by atoms with Gasteiger partial charge >= 0.3 is 0 Å². The van der Waals surface area contributed by atoms with Crippen LogP contribution in [0.4, 0.5) is 0 Å². The molecule has 3 atom stereocenters. The molecule has 0 saturated heterocycles. The molecule has 2 bridgehead atoms. The Labute approximate surface area is 124 Å². The first-order chi connectivity index (χ1) is 9.27. The summed E-state index contributed by atoms with van der Waals surface area (Å²) in [5.74, 6) is 0.938. The van der Waals surface area contributed by atoms with E-state index in [1.807, 2.05) is 0 Å². The molecule has 20 heavy (non-hydrogen) atoms. The van der Waals surface area contributed by atoms with Crippen molar-refractivity contribution in [1.82, 2.24) is 5.32 Å². The number of carbonyl (C=O) groups excluding carboxylic acids is 1. The fourth-order valence-electron chi connectivity index (χ4n) is 4.69. The smallest absolute Gasteiger partial charge is 0.227 e.